The van der Waals surface area contributed by atoms with E-state index in [1.165, 1.54) is 21.1 Å². The smallest absolute Gasteiger partial charge is 0.311 e. The quantitative estimate of drug-likeness (QED) is 0.494. The van der Waals surface area contributed by atoms with E-state index in [2.05, 4.69) is 5.32 Å². The van der Waals surface area contributed by atoms with Crippen LogP contribution in [0.1, 0.15) is 12.5 Å². The summed E-state index contributed by atoms with van der Waals surface area (Å²) in [5.74, 6) is 1.50. The second-order valence-corrected chi connectivity index (χ2v) is 6.93. The van der Waals surface area contributed by atoms with Gasteiger partial charge in [0.2, 0.25) is 0 Å². The molecule has 166 valence electrons. The number of hydrogen-bond donors (Lipinski definition) is 1. The van der Waals surface area contributed by atoms with E-state index in [4.69, 9.17) is 18.9 Å². The Labute approximate surface area is 186 Å². The van der Waals surface area contributed by atoms with E-state index in [1.54, 1.807) is 42.5 Å². The van der Waals surface area contributed by atoms with Gasteiger partial charge in [0.15, 0.2) is 17.6 Å². The van der Waals surface area contributed by atoms with Crippen LogP contribution in [0.3, 0.4) is 0 Å². The molecule has 0 saturated carbocycles. The van der Waals surface area contributed by atoms with E-state index in [0.717, 1.165) is 5.75 Å². The van der Waals surface area contributed by atoms with Gasteiger partial charge in [-0.05, 0) is 61.0 Å². The third-order valence-corrected chi connectivity index (χ3v) is 4.57. The predicted octanol–water partition coefficient (Wildman–Crippen LogP) is 4.61. The molecule has 0 spiro atoms. The summed E-state index contributed by atoms with van der Waals surface area (Å²) in [6.45, 7) is 1.52. The molecule has 0 heterocycles. The summed E-state index contributed by atoms with van der Waals surface area (Å²) < 4.78 is 21.4. The number of amides is 1. The summed E-state index contributed by atoms with van der Waals surface area (Å²) in [4.78, 5) is 24.7. The van der Waals surface area contributed by atoms with Crippen LogP contribution in [0.5, 0.6) is 23.0 Å². The van der Waals surface area contributed by atoms with Gasteiger partial charge >= 0.3 is 5.97 Å². The maximum Gasteiger partial charge on any atom is 0.311 e. The lowest BCUT2D eigenvalue weighted by Crippen LogP contribution is -2.30. The number of anilines is 1. The minimum atomic E-state index is -0.956. The van der Waals surface area contributed by atoms with Gasteiger partial charge in [0, 0.05) is 5.69 Å². The van der Waals surface area contributed by atoms with Gasteiger partial charge in [-0.15, -0.1) is 0 Å². The first-order valence-electron chi connectivity index (χ1n) is 10.0. The second kappa shape index (κ2) is 10.9. The summed E-state index contributed by atoms with van der Waals surface area (Å²) >= 11 is 0. The van der Waals surface area contributed by atoms with Gasteiger partial charge in [0.1, 0.15) is 11.5 Å². The number of carbonyl (C=O) groups is 2. The molecule has 0 radical (unpaired) electrons. The predicted molar refractivity (Wildman–Crippen MR) is 120 cm³/mol. The number of methoxy groups -OCH3 is 2. The Morgan fingerprint density at radius 1 is 0.844 bits per heavy atom. The summed E-state index contributed by atoms with van der Waals surface area (Å²) in [7, 11) is 3.06. The molecule has 0 aliphatic rings. The molecular weight excluding hydrogens is 410 g/mol. The first-order chi connectivity index (χ1) is 15.5. The van der Waals surface area contributed by atoms with Crippen molar-refractivity contribution in [2.75, 3.05) is 19.5 Å². The number of nitrogens with one attached hydrogen (secondary N) is 1. The van der Waals surface area contributed by atoms with Crippen molar-refractivity contribution in [2.45, 2.75) is 19.4 Å². The zero-order valence-corrected chi connectivity index (χ0v) is 18.2. The number of ether oxygens (including phenoxy) is 4. The maximum absolute atomic E-state index is 12.4. The van der Waals surface area contributed by atoms with Crippen LogP contribution in [0.25, 0.3) is 0 Å². The van der Waals surface area contributed by atoms with Crippen LogP contribution in [0.2, 0.25) is 0 Å². The van der Waals surface area contributed by atoms with Crippen molar-refractivity contribution < 1.29 is 28.5 Å². The molecule has 3 aromatic carbocycles. The Balaban J connectivity index is 1.51. The average Bonchev–Trinajstić information content (AvgIpc) is 2.80. The van der Waals surface area contributed by atoms with Crippen LogP contribution in [-0.2, 0) is 20.7 Å². The zero-order chi connectivity index (χ0) is 22.9. The lowest BCUT2D eigenvalue weighted by Gasteiger charge is -2.14. The van der Waals surface area contributed by atoms with Crippen LogP contribution in [0.15, 0.2) is 72.8 Å². The largest absolute Gasteiger partial charge is 0.493 e. The van der Waals surface area contributed by atoms with E-state index < -0.39 is 18.0 Å². The average molecular weight is 435 g/mol. The highest BCUT2D eigenvalue weighted by Crippen LogP contribution is 2.28. The third kappa shape index (κ3) is 6.25. The van der Waals surface area contributed by atoms with Gasteiger partial charge in [-0.2, -0.15) is 0 Å². The second-order valence-electron chi connectivity index (χ2n) is 6.93. The van der Waals surface area contributed by atoms with Crippen LogP contribution >= 0.6 is 0 Å². The van der Waals surface area contributed by atoms with Crippen molar-refractivity contribution in [3.05, 3.63) is 78.4 Å². The SMILES string of the molecule is COc1ccc(CC(=O)OC(C)C(=O)Nc2ccc(Oc3ccccc3)cc2)cc1OC. The summed E-state index contributed by atoms with van der Waals surface area (Å²) in [6.07, 6.45) is -0.952. The normalized spacial score (nSPS) is 11.2. The highest BCUT2D eigenvalue weighted by atomic mass is 16.5. The Bertz CT molecular complexity index is 1050. The molecule has 0 fully saturated rings. The molecule has 1 unspecified atom stereocenters. The van der Waals surface area contributed by atoms with E-state index in [-0.39, 0.29) is 6.42 Å². The molecular formula is C25H25NO6. The van der Waals surface area contributed by atoms with Crippen LogP contribution < -0.4 is 19.5 Å². The maximum atomic E-state index is 12.4. The van der Waals surface area contributed by atoms with Gasteiger partial charge < -0.3 is 24.3 Å². The molecule has 0 saturated heterocycles. The molecule has 3 rings (SSSR count). The van der Waals surface area contributed by atoms with Gasteiger partial charge in [0.25, 0.3) is 5.91 Å². The van der Waals surface area contributed by atoms with Gasteiger partial charge in [-0.1, -0.05) is 24.3 Å². The van der Waals surface area contributed by atoms with E-state index in [1.807, 2.05) is 30.3 Å². The van der Waals surface area contributed by atoms with Gasteiger partial charge in [-0.3, -0.25) is 9.59 Å². The molecule has 3 aromatic rings. The lowest BCUT2D eigenvalue weighted by molar-refractivity contribution is -0.152. The van der Waals surface area contributed by atoms with E-state index in [0.29, 0.717) is 28.5 Å². The van der Waals surface area contributed by atoms with Crippen LogP contribution in [0, 0.1) is 0 Å². The Morgan fingerprint density at radius 3 is 2.16 bits per heavy atom. The molecule has 1 amide bonds. The van der Waals surface area contributed by atoms with Crippen molar-refractivity contribution in [2.24, 2.45) is 0 Å². The minimum Gasteiger partial charge on any atom is -0.493 e. The van der Waals surface area contributed by atoms with Gasteiger partial charge in [0.05, 0.1) is 20.6 Å². The first-order valence-corrected chi connectivity index (χ1v) is 10.0. The van der Waals surface area contributed by atoms with Gasteiger partial charge in [-0.25, -0.2) is 0 Å². The number of para-hydroxylation sites is 1. The Morgan fingerprint density at radius 2 is 1.50 bits per heavy atom. The standard InChI is InChI=1S/C25H25NO6/c1-17(31-24(27)16-18-9-14-22(29-2)23(15-18)30-3)25(28)26-19-10-12-21(13-11-19)32-20-7-5-4-6-8-20/h4-15,17H,16H2,1-3H3,(H,26,28). The van der Waals surface area contributed by atoms with E-state index >= 15 is 0 Å². The van der Waals surface area contributed by atoms with Crippen LogP contribution in [0.4, 0.5) is 5.69 Å². The van der Waals surface area contributed by atoms with Crippen molar-refractivity contribution in [3.8, 4) is 23.0 Å². The molecule has 0 aliphatic carbocycles. The fourth-order valence-electron chi connectivity index (χ4n) is 2.92. The fourth-order valence-corrected chi connectivity index (χ4v) is 2.92. The topological polar surface area (TPSA) is 83.1 Å². The minimum absolute atomic E-state index is 0.00347. The summed E-state index contributed by atoms with van der Waals surface area (Å²) in [5, 5.41) is 2.73. The van der Waals surface area contributed by atoms with E-state index in [9.17, 15) is 9.59 Å². The molecule has 32 heavy (non-hydrogen) atoms. The molecule has 7 heteroatoms. The number of hydrogen-bond acceptors (Lipinski definition) is 6. The number of benzene rings is 3. The third-order valence-electron chi connectivity index (χ3n) is 4.57. The van der Waals surface area contributed by atoms with Crippen molar-refractivity contribution in [1.82, 2.24) is 0 Å². The Kier molecular flexibility index (Phi) is 7.70. The molecule has 0 bridgehead atoms. The fraction of sp³-hybridized carbons (Fsp3) is 0.200. The molecule has 7 nitrogen and oxygen atoms in total. The Hall–Kier alpha value is -4.00. The van der Waals surface area contributed by atoms with Crippen molar-refractivity contribution in [3.63, 3.8) is 0 Å². The highest BCUT2D eigenvalue weighted by molar-refractivity contribution is 5.95. The van der Waals surface area contributed by atoms with Crippen LogP contribution in [-0.4, -0.2) is 32.2 Å². The zero-order valence-electron chi connectivity index (χ0n) is 18.2. The summed E-state index contributed by atoms with van der Waals surface area (Å²) in [6, 6.07) is 21.5. The molecule has 1 atom stereocenters. The summed E-state index contributed by atoms with van der Waals surface area (Å²) in [5.41, 5.74) is 1.26. The molecule has 0 aromatic heterocycles. The lowest BCUT2D eigenvalue weighted by atomic mass is 10.1. The molecule has 1 N–H and O–H groups in total. The highest BCUT2D eigenvalue weighted by Gasteiger charge is 2.19. The first kappa shape index (κ1) is 22.7. The number of esters is 1. The molecule has 0 aliphatic heterocycles. The van der Waals surface area contributed by atoms with Crippen molar-refractivity contribution >= 4 is 17.6 Å². The monoisotopic (exact) mass is 435 g/mol. The number of rotatable bonds is 9. The number of carbonyl (C=O) groups excluding carboxylic acids is 2. The van der Waals surface area contributed by atoms with Crippen molar-refractivity contribution in [1.29, 1.82) is 0 Å².